The number of halogens is 1. The Morgan fingerprint density at radius 3 is 2.64 bits per heavy atom. The topological polar surface area (TPSA) is 64.0 Å². The van der Waals surface area contributed by atoms with Crippen LogP contribution in [0.4, 0.5) is 4.39 Å². The summed E-state index contributed by atoms with van der Waals surface area (Å²) in [6.07, 6.45) is 1.21. The largest absolute Gasteiger partial charge is 0.343 e. The van der Waals surface area contributed by atoms with Crippen molar-refractivity contribution in [3.63, 3.8) is 0 Å². The van der Waals surface area contributed by atoms with Gasteiger partial charge in [-0.2, -0.15) is 0 Å². The average molecular weight is 393 g/mol. The minimum Gasteiger partial charge on any atom is -0.343 e. The van der Waals surface area contributed by atoms with Gasteiger partial charge in [-0.15, -0.1) is 11.3 Å². The molecule has 0 radical (unpaired) electrons. The van der Waals surface area contributed by atoms with Crippen LogP contribution >= 0.6 is 11.3 Å². The van der Waals surface area contributed by atoms with Crippen molar-refractivity contribution >= 4 is 28.3 Å². The molecule has 2 heterocycles. The summed E-state index contributed by atoms with van der Waals surface area (Å²) < 4.78 is 14.7. The molecule has 4 aromatic rings. The second-order valence-electron chi connectivity index (χ2n) is 6.24. The highest BCUT2D eigenvalue weighted by Crippen LogP contribution is 2.26. The summed E-state index contributed by atoms with van der Waals surface area (Å²) in [6.45, 7) is -0.134. The summed E-state index contributed by atoms with van der Waals surface area (Å²) in [5, 5.41) is 4.88. The zero-order chi connectivity index (χ0) is 19.5. The number of amides is 1. The van der Waals surface area contributed by atoms with Gasteiger partial charge in [0.05, 0.1) is 23.3 Å². The molecule has 0 aliphatic rings. The highest BCUT2D eigenvalue weighted by atomic mass is 32.1. The minimum absolute atomic E-state index is 0.134. The molecule has 4 rings (SSSR count). The van der Waals surface area contributed by atoms with Crippen LogP contribution in [0.25, 0.3) is 11.0 Å². The van der Waals surface area contributed by atoms with Gasteiger partial charge in [0, 0.05) is 4.88 Å². The molecule has 2 aromatic heterocycles. The quantitative estimate of drug-likeness (QED) is 0.564. The second-order valence-corrected chi connectivity index (χ2v) is 7.22. The van der Waals surface area contributed by atoms with E-state index in [1.165, 1.54) is 34.2 Å². The zero-order valence-corrected chi connectivity index (χ0v) is 15.5. The van der Waals surface area contributed by atoms with Crippen molar-refractivity contribution in [2.24, 2.45) is 0 Å². The normalized spacial score (nSPS) is 12.0. The Morgan fingerprint density at radius 2 is 1.89 bits per heavy atom. The number of nitrogens with zero attached hydrogens (tertiary/aromatic N) is 2. The summed E-state index contributed by atoms with van der Waals surface area (Å²) in [4.78, 5) is 30.1. The van der Waals surface area contributed by atoms with Crippen molar-refractivity contribution in [1.29, 1.82) is 0 Å². The molecular weight excluding hydrogens is 377 g/mol. The highest BCUT2D eigenvalue weighted by Gasteiger charge is 2.19. The standard InChI is InChI=1S/C21H16FN3O2S/c22-15-9-7-14(8-10-15)21(18-6-3-11-28-18)24-19(26)13-25-17-5-2-1-4-16(17)23-12-20(25)27/h1-12,21H,13H2,(H,24,26)/t21-/m0/s1. The molecule has 0 fully saturated rings. The lowest BCUT2D eigenvalue weighted by atomic mass is 10.1. The van der Waals surface area contributed by atoms with Gasteiger partial charge in [-0.25, -0.2) is 9.37 Å². The molecule has 0 unspecified atom stereocenters. The van der Waals surface area contributed by atoms with E-state index in [1.54, 1.807) is 30.3 Å². The van der Waals surface area contributed by atoms with Gasteiger partial charge in [-0.3, -0.25) is 14.2 Å². The number of nitrogens with one attached hydrogen (secondary N) is 1. The fraction of sp³-hybridized carbons (Fsp3) is 0.0952. The Labute approximate surface area is 164 Å². The lowest BCUT2D eigenvalue weighted by molar-refractivity contribution is -0.122. The van der Waals surface area contributed by atoms with E-state index in [-0.39, 0.29) is 23.8 Å². The summed E-state index contributed by atoms with van der Waals surface area (Å²) >= 11 is 1.50. The molecule has 0 saturated heterocycles. The third-order valence-electron chi connectivity index (χ3n) is 4.39. The van der Waals surface area contributed by atoms with Gasteiger partial charge in [-0.05, 0) is 41.3 Å². The third-order valence-corrected chi connectivity index (χ3v) is 5.33. The number of carbonyl (C=O) groups is 1. The predicted molar refractivity (Wildman–Crippen MR) is 107 cm³/mol. The van der Waals surface area contributed by atoms with Crippen LogP contribution in [0.15, 0.2) is 77.0 Å². The summed E-state index contributed by atoms with van der Waals surface area (Å²) in [5.41, 5.74) is 1.66. The Balaban J connectivity index is 1.63. The Hall–Kier alpha value is -3.32. The first-order valence-electron chi connectivity index (χ1n) is 8.64. The number of para-hydroxylation sites is 2. The number of benzene rings is 2. The lowest BCUT2D eigenvalue weighted by Crippen LogP contribution is -2.35. The molecule has 2 aromatic carbocycles. The van der Waals surface area contributed by atoms with Crippen LogP contribution in [0.1, 0.15) is 16.5 Å². The SMILES string of the molecule is O=C(Cn1c(=O)cnc2ccccc21)N[C@@H](c1ccc(F)cc1)c1cccs1. The molecule has 0 aliphatic carbocycles. The van der Waals surface area contributed by atoms with E-state index >= 15 is 0 Å². The van der Waals surface area contributed by atoms with Crippen molar-refractivity contribution in [1.82, 2.24) is 14.9 Å². The van der Waals surface area contributed by atoms with Crippen molar-refractivity contribution in [3.05, 3.63) is 98.9 Å². The van der Waals surface area contributed by atoms with Gasteiger partial charge in [0.2, 0.25) is 5.91 Å². The number of carbonyl (C=O) groups excluding carboxylic acids is 1. The Morgan fingerprint density at radius 1 is 1.11 bits per heavy atom. The number of fused-ring (bicyclic) bond motifs is 1. The molecule has 0 aliphatic heterocycles. The minimum atomic E-state index is -0.420. The van der Waals surface area contributed by atoms with Crippen molar-refractivity contribution in [2.45, 2.75) is 12.6 Å². The van der Waals surface area contributed by atoms with Crippen LogP contribution in [-0.2, 0) is 11.3 Å². The van der Waals surface area contributed by atoms with E-state index in [2.05, 4.69) is 10.3 Å². The third kappa shape index (κ3) is 3.70. The van der Waals surface area contributed by atoms with Gasteiger partial charge in [0.1, 0.15) is 12.4 Å². The van der Waals surface area contributed by atoms with E-state index in [1.807, 2.05) is 23.6 Å². The molecule has 7 heteroatoms. The molecule has 1 atom stereocenters. The maximum absolute atomic E-state index is 13.3. The summed E-state index contributed by atoms with van der Waals surface area (Å²) in [6, 6.07) is 16.6. The fourth-order valence-electron chi connectivity index (χ4n) is 3.06. The van der Waals surface area contributed by atoms with Crippen molar-refractivity contribution in [2.75, 3.05) is 0 Å². The number of hydrogen-bond acceptors (Lipinski definition) is 4. The maximum atomic E-state index is 13.3. The van der Waals surface area contributed by atoms with E-state index in [9.17, 15) is 14.0 Å². The summed E-state index contributed by atoms with van der Waals surface area (Å²) in [7, 11) is 0. The van der Waals surface area contributed by atoms with Gasteiger partial charge in [0.15, 0.2) is 0 Å². The van der Waals surface area contributed by atoms with Crippen LogP contribution in [0.5, 0.6) is 0 Å². The average Bonchev–Trinajstić information content (AvgIpc) is 3.24. The van der Waals surface area contributed by atoms with Crippen molar-refractivity contribution in [3.8, 4) is 0 Å². The van der Waals surface area contributed by atoms with Crippen LogP contribution in [0.3, 0.4) is 0 Å². The van der Waals surface area contributed by atoms with Gasteiger partial charge in [-0.1, -0.05) is 30.3 Å². The molecule has 0 saturated carbocycles. The molecule has 140 valence electrons. The highest BCUT2D eigenvalue weighted by molar-refractivity contribution is 7.10. The predicted octanol–water partition coefficient (Wildman–Crippen LogP) is 3.50. The van der Waals surface area contributed by atoms with E-state index in [0.717, 1.165) is 10.4 Å². The number of hydrogen-bond donors (Lipinski definition) is 1. The van der Waals surface area contributed by atoms with Crippen molar-refractivity contribution < 1.29 is 9.18 Å². The number of thiophene rings is 1. The molecule has 0 bridgehead atoms. The second kappa shape index (κ2) is 7.74. The Kier molecular flexibility index (Phi) is 4.99. The molecule has 5 nitrogen and oxygen atoms in total. The van der Waals surface area contributed by atoms with Crippen LogP contribution in [-0.4, -0.2) is 15.5 Å². The van der Waals surface area contributed by atoms with Gasteiger partial charge < -0.3 is 5.32 Å². The Bertz CT molecular complexity index is 1170. The zero-order valence-electron chi connectivity index (χ0n) is 14.7. The van der Waals surface area contributed by atoms with Gasteiger partial charge in [0.25, 0.3) is 5.56 Å². The molecule has 0 spiro atoms. The van der Waals surface area contributed by atoms with Crippen LogP contribution in [0, 0.1) is 5.82 Å². The van der Waals surface area contributed by atoms with E-state index in [0.29, 0.717) is 11.0 Å². The van der Waals surface area contributed by atoms with Gasteiger partial charge >= 0.3 is 0 Å². The fourth-order valence-corrected chi connectivity index (χ4v) is 3.86. The number of aromatic nitrogens is 2. The van der Waals surface area contributed by atoms with Crippen LogP contribution in [0.2, 0.25) is 0 Å². The molecule has 1 amide bonds. The molecule has 28 heavy (non-hydrogen) atoms. The molecular formula is C21H16FN3O2S. The first-order chi connectivity index (χ1) is 13.6. The first-order valence-corrected chi connectivity index (χ1v) is 9.52. The lowest BCUT2D eigenvalue weighted by Gasteiger charge is -2.19. The number of rotatable bonds is 5. The first kappa shape index (κ1) is 18.1. The molecule has 1 N–H and O–H groups in total. The monoisotopic (exact) mass is 393 g/mol. The van der Waals surface area contributed by atoms with E-state index in [4.69, 9.17) is 0 Å². The maximum Gasteiger partial charge on any atom is 0.269 e. The summed E-state index contributed by atoms with van der Waals surface area (Å²) in [5.74, 6) is -0.656. The van der Waals surface area contributed by atoms with E-state index < -0.39 is 6.04 Å². The smallest absolute Gasteiger partial charge is 0.269 e. The van der Waals surface area contributed by atoms with Crippen LogP contribution < -0.4 is 10.9 Å².